The summed E-state index contributed by atoms with van der Waals surface area (Å²) in [5.74, 6) is 2.29. The molecule has 1 saturated heterocycles. The number of likely N-dealkylation sites (tertiary alicyclic amines) is 1. The summed E-state index contributed by atoms with van der Waals surface area (Å²) < 4.78 is 0. The molecule has 1 heterocycles. The average molecular weight is 377 g/mol. The zero-order valence-electron chi connectivity index (χ0n) is 16.2. The number of amides is 2. The van der Waals surface area contributed by atoms with Gasteiger partial charge in [-0.15, -0.1) is 0 Å². The Morgan fingerprint density at radius 3 is 2.43 bits per heavy atom. The molecule has 1 aromatic rings. The highest BCUT2D eigenvalue weighted by Crippen LogP contribution is 2.60. The molecule has 4 aliphatic carbocycles. The highest BCUT2D eigenvalue weighted by molar-refractivity contribution is 5.98. The maximum Gasteiger partial charge on any atom is 0.247 e. The van der Waals surface area contributed by atoms with Crippen LogP contribution in [0.2, 0.25) is 0 Å². The van der Waals surface area contributed by atoms with Crippen molar-refractivity contribution in [2.24, 2.45) is 23.2 Å². The first kappa shape index (κ1) is 17.7. The quantitative estimate of drug-likeness (QED) is 0.873. The summed E-state index contributed by atoms with van der Waals surface area (Å²) in [5, 5.41) is 12.0. The Hall–Kier alpha value is -2.35. The van der Waals surface area contributed by atoms with Crippen LogP contribution >= 0.6 is 0 Å². The molecule has 6 rings (SSSR count). The summed E-state index contributed by atoms with van der Waals surface area (Å²) in [4.78, 5) is 28.5. The fourth-order valence-electron chi connectivity index (χ4n) is 6.85. The normalized spacial score (nSPS) is 35.6. The number of carbonyl (C=O) groups excluding carboxylic acids is 2. The van der Waals surface area contributed by atoms with Crippen molar-refractivity contribution in [1.82, 2.24) is 4.90 Å². The molecule has 0 radical (unpaired) electrons. The molecule has 5 aliphatic rings. The first-order valence-electron chi connectivity index (χ1n) is 10.7. The molecule has 0 spiro atoms. The second kappa shape index (κ2) is 6.62. The van der Waals surface area contributed by atoms with Gasteiger partial charge >= 0.3 is 0 Å². The standard InChI is InChI=1S/C23H27N3O2/c24-14-15-3-1-4-19(10-15)25-21(27)20-5-2-6-26(20)22(28)23-11-16-7-17(12-23)9-18(8-16)13-23/h1,3-4,10,16-18,20H,2,5-9,11-13H2,(H,25,27). The molecule has 2 amide bonds. The van der Waals surface area contributed by atoms with Crippen LogP contribution < -0.4 is 5.32 Å². The van der Waals surface area contributed by atoms with E-state index >= 15 is 0 Å². The second-order valence-corrected chi connectivity index (χ2v) is 9.54. The van der Waals surface area contributed by atoms with Crippen molar-refractivity contribution in [2.75, 3.05) is 11.9 Å². The van der Waals surface area contributed by atoms with Crippen molar-refractivity contribution < 1.29 is 9.59 Å². The lowest BCUT2D eigenvalue weighted by atomic mass is 9.49. The first-order chi connectivity index (χ1) is 13.6. The Morgan fingerprint density at radius 2 is 1.79 bits per heavy atom. The molecule has 4 saturated carbocycles. The third kappa shape index (κ3) is 2.90. The Kier molecular flexibility index (Phi) is 4.19. The molecule has 4 bridgehead atoms. The van der Waals surface area contributed by atoms with Gasteiger partial charge in [-0.1, -0.05) is 6.07 Å². The summed E-state index contributed by atoms with van der Waals surface area (Å²) in [5.41, 5.74) is 0.946. The van der Waals surface area contributed by atoms with E-state index in [9.17, 15) is 9.59 Å². The number of benzene rings is 1. The van der Waals surface area contributed by atoms with Crippen LogP contribution in [0.4, 0.5) is 5.69 Å². The highest BCUT2D eigenvalue weighted by Gasteiger charge is 2.56. The topological polar surface area (TPSA) is 73.2 Å². The van der Waals surface area contributed by atoms with Gasteiger partial charge in [-0.05, 0) is 87.3 Å². The summed E-state index contributed by atoms with van der Waals surface area (Å²) in [6, 6.07) is 8.66. The van der Waals surface area contributed by atoms with E-state index in [1.165, 1.54) is 19.3 Å². The first-order valence-corrected chi connectivity index (χ1v) is 10.7. The van der Waals surface area contributed by atoms with Crippen molar-refractivity contribution in [3.63, 3.8) is 0 Å². The van der Waals surface area contributed by atoms with Crippen LogP contribution in [0.5, 0.6) is 0 Å². The number of hydrogen-bond donors (Lipinski definition) is 1. The minimum absolute atomic E-state index is 0.120. The Morgan fingerprint density at radius 1 is 1.11 bits per heavy atom. The Labute approximate surface area is 166 Å². The zero-order chi connectivity index (χ0) is 19.3. The molecule has 0 aromatic heterocycles. The van der Waals surface area contributed by atoms with Gasteiger partial charge in [0.2, 0.25) is 11.8 Å². The number of carbonyl (C=O) groups is 2. The molecule has 1 atom stereocenters. The predicted octanol–water partition coefficient (Wildman–Crippen LogP) is 3.70. The molecule has 1 aromatic carbocycles. The van der Waals surface area contributed by atoms with Crippen LogP contribution in [-0.2, 0) is 9.59 Å². The van der Waals surface area contributed by atoms with E-state index in [2.05, 4.69) is 11.4 Å². The molecule has 28 heavy (non-hydrogen) atoms. The fraction of sp³-hybridized carbons (Fsp3) is 0.609. The van der Waals surface area contributed by atoms with Crippen LogP contribution in [0.3, 0.4) is 0 Å². The van der Waals surface area contributed by atoms with Crippen LogP contribution in [0, 0.1) is 34.5 Å². The second-order valence-electron chi connectivity index (χ2n) is 9.54. The number of anilines is 1. The maximum atomic E-state index is 13.7. The van der Waals surface area contributed by atoms with Crippen molar-refractivity contribution in [2.45, 2.75) is 57.4 Å². The van der Waals surface area contributed by atoms with Gasteiger partial charge in [-0.25, -0.2) is 0 Å². The van der Waals surface area contributed by atoms with Gasteiger partial charge in [0.1, 0.15) is 6.04 Å². The summed E-state index contributed by atoms with van der Waals surface area (Å²) >= 11 is 0. The van der Waals surface area contributed by atoms with E-state index in [0.29, 0.717) is 17.8 Å². The predicted molar refractivity (Wildman–Crippen MR) is 105 cm³/mol. The largest absolute Gasteiger partial charge is 0.330 e. The van der Waals surface area contributed by atoms with Gasteiger partial charge in [0, 0.05) is 12.2 Å². The summed E-state index contributed by atoms with van der Waals surface area (Å²) in [6.45, 7) is 0.691. The van der Waals surface area contributed by atoms with Gasteiger partial charge in [-0.3, -0.25) is 9.59 Å². The number of rotatable bonds is 3. The maximum absolute atomic E-state index is 13.7. The molecule has 1 N–H and O–H groups in total. The molecule has 5 nitrogen and oxygen atoms in total. The Balaban J connectivity index is 1.33. The van der Waals surface area contributed by atoms with Gasteiger partial charge in [0.05, 0.1) is 17.0 Å². The smallest absolute Gasteiger partial charge is 0.247 e. The van der Waals surface area contributed by atoms with Gasteiger partial charge < -0.3 is 10.2 Å². The van der Waals surface area contributed by atoms with Crippen molar-refractivity contribution >= 4 is 17.5 Å². The van der Waals surface area contributed by atoms with Crippen LogP contribution in [0.15, 0.2) is 24.3 Å². The molecule has 5 heteroatoms. The average Bonchev–Trinajstić information content (AvgIpc) is 3.16. The minimum Gasteiger partial charge on any atom is -0.330 e. The molecular formula is C23H27N3O2. The van der Waals surface area contributed by atoms with E-state index < -0.39 is 0 Å². The fourth-order valence-corrected chi connectivity index (χ4v) is 6.85. The molecular weight excluding hydrogens is 350 g/mol. The van der Waals surface area contributed by atoms with E-state index in [1.807, 2.05) is 4.90 Å². The van der Waals surface area contributed by atoms with Crippen molar-refractivity contribution in [1.29, 1.82) is 5.26 Å². The van der Waals surface area contributed by atoms with Gasteiger partial charge in [-0.2, -0.15) is 5.26 Å². The molecule has 146 valence electrons. The summed E-state index contributed by atoms with van der Waals surface area (Å²) in [6.07, 6.45) is 8.64. The van der Waals surface area contributed by atoms with Crippen molar-refractivity contribution in [3.8, 4) is 6.07 Å². The number of nitrogens with one attached hydrogen (secondary N) is 1. The van der Waals surface area contributed by atoms with E-state index in [0.717, 1.165) is 49.9 Å². The monoisotopic (exact) mass is 377 g/mol. The zero-order valence-corrected chi connectivity index (χ0v) is 16.2. The minimum atomic E-state index is -0.383. The lowest BCUT2D eigenvalue weighted by molar-refractivity contribution is -0.160. The van der Waals surface area contributed by atoms with E-state index in [-0.39, 0.29) is 23.3 Å². The lowest BCUT2D eigenvalue weighted by Crippen LogP contribution is -2.56. The third-order valence-corrected chi connectivity index (χ3v) is 7.57. The van der Waals surface area contributed by atoms with Crippen LogP contribution in [0.25, 0.3) is 0 Å². The van der Waals surface area contributed by atoms with Gasteiger partial charge in [0.15, 0.2) is 0 Å². The lowest BCUT2D eigenvalue weighted by Gasteiger charge is -2.56. The SMILES string of the molecule is N#Cc1cccc(NC(=O)C2CCCN2C(=O)C23CC4CC(CC(C4)C2)C3)c1. The number of hydrogen-bond acceptors (Lipinski definition) is 3. The number of nitrogens with zero attached hydrogens (tertiary/aromatic N) is 2. The summed E-state index contributed by atoms with van der Waals surface area (Å²) in [7, 11) is 0. The highest BCUT2D eigenvalue weighted by atomic mass is 16.2. The molecule has 5 fully saturated rings. The Bertz CT molecular complexity index is 820. The molecule has 1 aliphatic heterocycles. The number of nitriles is 1. The van der Waals surface area contributed by atoms with E-state index in [1.54, 1.807) is 24.3 Å². The molecule has 1 unspecified atom stereocenters. The van der Waals surface area contributed by atoms with Gasteiger partial charge in [0.25, 0.3) is 0 Å². The van der Waals surface area contributed by atoms with Crippen molar-refractivity contribution in [3.05, 3.63) is 29.8 Å². The van der Waals surface area contributed by atoms with Crippen LogP contribution in [-0.4, -0.2) is 29.3 Å². The third-order valence-electron chi connectivity index (χ3n) is 7.57. The van der Waals surface area contributed by atoms with E-state index in [4.69, 9.17) is 5.26 Å². The van der Waals surface area contributed by atoms with Crippen LogP contribution in [0.1, 0.15) is 56.9 Å².